The molecule has 0 aliphatic heterocycles. The van der Waals surface area contributed by atoms with Crippen molar-refractivity contribution in [2.45, 2.75) is 30.4 Å². The van der Waals surface area contributed by atoms with E-state index in [1.165, 1.54) is 36.0 Å². The lowest BCUT2D eigenvalue weighted by Crippen LogP contribution is -2.29. The number of pyridine rings is 1. The van der Waals surface area contributed by atoms with Crippen molar-refractivity contribution in [1.29, 1.82) is 0 Å². The fourth-order valence-electron chi connectivity index (χ4n) is 4.19. The van der Waals surface area contributed by atoms with E-state index in [0.29, 0.717) is 15.8 Å². The second-order valence-electron chi connectivity index (χ2n) is 10.4. The lowest BCUT2D eigenvalue weighted by atomic mass is 9.92. The molecule has 1 heterocycles. The Labute approximate surface area is 254 Å². The topological polar surface area (TPSA) is 96.4 Å². The first-order valence-corrected chi connectivity index (χ1v) is 16.1. The van der Waals surface area contributed by atoms with Gasteiger partial charge in [-0.3, -0.25) is 4.79 Å². The molecule has 41 heavy (non-hydrogen) atoms. The first-order valence-electron chi connectivity index (χ1n) is 12.8. The van der Waals surface area contributed by atoms with Crippen LogP contribution in [0.15, 0.2) is 83.8 Å². The molecule has 4 rings (SSSR count). The van der Waals surface area contributed by atoms with Crippen LogP contribution in [0.3, 0.4) is 0 Å². The number of nitrogens with zero attached hydrogens (tertiary/aromatic N) is 1. The molecule has 214 valence electrons. The third-order valence-electron chi connectivity index (χ3n) is 6.29. The molecule has 0 fully saturated rings. The summed E-state index contributed by atoms with van der Waals surface area (Å²) in [4.78, 5) is 16.2. The Hall–Kier alpha value is -2.88. The normalized spacial score (nSPS) is 13.1. The van der Waals surface area contributed by atoms with Gasteiger partial charge in [-0.1, -0.05) is 79.5 Å². The van der Waals surface area contributed by atoms with Gasteiger partial charge in [-0.25, -0.2) is 18.1 Å². The summed E-state index contributed by atoms with van der Waals surface area (Å²) in [5.74, 6) is -0.344. The van der Waals surface area contributed by atoms with Crippen LogP contribution in [0.1, 0.15) is 42.3 Å². The number of thioether (sulfide) groups is 1. The fraction of sp³-hybridized carbons (Fsp3) is 0.226. The zero-order valence-electron chi connectivity index (χ0n) is 22.6. The summed E-state index contributed by atoms with van der Waals surface area (Å²) in [7, 11) is -3.78. The summed E-state index contributed by atoms with van der Waals surface area (Å²) in [6.07, 6.45) is 3.88. The number of carboxylic acids is 1. The molecule has 0 amide bonds. The average Bonchev–Trinajstić information content (AvgIpc) is 2.91. The maximum atomic E-state index is 13.0. The van der Waals surface area contributed by atoms with Crippen molar-refractivity contribution in [2.75, 3.05) is 12.3 Å². The summed E-state index contributed by atoms with van der Waals surface area (Å²) < 4.78 is 28.7. The van der Waals surface area contributed by atoms with Crippen LogP contribution in [0.25, 0.3) is 23.1 Å². The number of fused-ring (bicyclic) bond motifs is 1. The molecule has 1 unspecified atom stereocenters. The number of nitrogens with one attached hydrogen (secondary N) is 1. The molecular weight excluding hydrogens is 599 g/mol. The minimum absolute atomic E-state index is 0.00989. The minimum Gasteiger partial charge on any atom is -0.481 e. The van der Waals surface area contributed by atoms with Crippen LogP contribution < -0.4 is 4.72 Å². The van der Waals surface area contributed by atoms with Gasteiger partial charge in [-0.15, -0.1) is 0 Å². The van der Waals surface area contributed by atoms with Gasteiger partial charge < -0.3 is 5.11 Å². The molecule has 4 aromatic rings. The number of sulfonamides is 1. The van der Waals surface area contributed by atoms with E-state index in [-0.39, 0.29) is 23.1 Å². The largest absolute Gasteiger partial charge is 0.481 e. The number of hydrogen-bond acceptors (Lipinski definition) is 5. The number of carbonyl (C=O) groups is 1. The van der Waals surface area contributed by atoms with Crippen LogP contribution in [0.4, 0.5) is 0 Å². The third-order valence-corrected chi connectivity index (χ3v) is 10.0. The number of hydrogen-bond donors (Lipinski definition) is 2. The molecule has 0 aliphatic rings. The second kappa shape index (κ2) is 13.4. The van der Waals surface area contributed by atoms with E-state index >= 15 is 0 Å². The lowest BCUT2D eigenvalue weighted by Gasteiger charge is -2.26. The van der Waals surface area contributed by atoms with Gasteiger partial charge in [0.05, 0.1) is 22.5 Å². The standard InChI is InChI=1S/C31H30Cl2N2O4S2/c1-31(2,18-30(36)37)20-40-29(19-34-41(38,39)27-14-10-24(32)11-15-27)23-5-3-4-21(16-23)6-12-26-13-8-22-7-9-25(33)17-28(22)35-26/h3-17,29,34H,18-20H2,1-2H3,(H,36,37)/b12-6+. The Bertz CT molecular complexity index is 1670. The van der Waals surface area contributed by atoms with Crippen molar-refractivity contribution in [3.05, 3.63) is 106 Å². The van der Waals surface area contributed by atoms with Gasteiger partial charge in [0, 0.05) is 27.2 Å². The molecule has 0 radical (unpaired) electrons. The van der Waals surface area contributed by atoms with Crippen molar-refractivity contribution >= 4 is 74.0 Å². The summed E-state index contributed by atoms with van der Waals surface area (Å²) in [6.45, 7) is 3.91. The van der Waals surface area contributed by atoms with E-state index in [9.17, 15) is 18.3 Å². The predicted molar refractivity (Wildman–Crippen MR) is 170 cm³/mol. The van der Waals surface area contributed by atoms with Crippen molar-refractivity contribution < 1.29 is 18.3 Å². The molecule has 0 saturated heterocycles. The number of carboxylic acid groups (broad SMARTS) is 1. The Morgan fingerprint density at radius 2 is 1.71 bits per heavy atom. The Balaban J connectivity index is 1.56. The molecular formula is C31H30Cl2N2O4S2. The number of aromatic nitrogens is 1. The molecule has 1 atom stereocenters. The molecule has 0 saturated carbocycles. The molecule has 6 nitrogen and oxygen atoms in total. The highest BCUT2D eigenvalue weighted by molar-refractivity contribution is 7.99. The van der Waals surface area contributed by atoms with Gasteiger partial charge >= 0.3 is 5.97 Å². The van der Waals surface area contributed by atoms with Crippen LogP contribution in [0, 0.1) is 5.41 Å². The Kier molecular flexibility index (Phi) is 10.2. The van der Waals surface area contributed by atoms with E-state index in [0.717, 1.165) is 27.7 Å². The number of benzene rings is 3. The number of aliphatic carboxylic acids is 1. The van der Waals surface area contributed by atoms with E-state index in [4.69, 9.17) is 23.2 Å². The van der Waals surface area contributed by atoms with Crippen LogP contribution >= 0.6 is 35.0 Å². The smallest absolute Gasteiger partial charge is 0.303 e. The summed E-state index contributed by atoms with van der Waals surface area (Å²) in [5.41, 5.74) is 2.95. The van der Waals surface area contributed by atoms with Crippen molar-refractivity contribution in [3.63, 3.8) is 0 Å². The SMILES string of the molecule is CC(C)(CSC(CNS(=O)(=O)c1ccc(Cl)cc1)c1cccc(/C=C/c2ccc3ccc(Cl)cc3n2)c1)CC(=O)O. The summed E-state index contributed by atoms with van der Waals surface area (Å²) in [6, 6.07) is 23.4. The summed E-state index contributed by atoms with van der Waals surface area (Å²) >= 11 is 13.6. The zero-order chi connectivity index (χ0) is 29.6. The molecule has 10 heteroatoms. The van der Waals surface area contributed by atoms with E-state index < -0.39 is 21.4 Å². The van der Waals surface area contributed by atoms with Gasteiger partial charge in [0.25, 0.3) is 0 Å². The van der Waals surface area contributed by atoms with Gasteiger partial charge in [-0.2, -0.15) is 11.8 Å². The minimum atomic E-state index is -3.78. The third kappa shape index (κ3) is 9.05. The highest BCUT2D eigenvalue weighted by Crippen LogP contribution is 2.36. The van der Waals surface area contributed by atoms with Crippen molar-refractivity contribution in [2.24, 2.45) is 5.41 Å². The van der Waals surface area contributed by atoms with Gasteiger partial charge in [0.15, 0.2) is 0 Å². The predicted octanol–water partition coefficient (Wildman–Crippen LogP) is 7.97. The quantitative estimate of drug-likeness (QED) is 0.165. The molecule has 1 aromatic heterocycles. The number of rotatable bonds is 12. The monoisotopic (exact) mass is 628 g/mol. The maximum Gasteiger partial charge on any atom is 0.303 e. The van der Waals surface area contributed by atoms with Crippen molar-refractivity contribution in [3.8, 4) is 0 Å². The zero-order valence-corrected chi connectivity index (χ0v) is 25.7. The molecule has 0 bridgehead atoms. The Morgan fingerprint density at radius 3 is 2.44 bits per heavy atom. The fourth-order valence-corrected chi connectivity index (χ4v) is 6.93. The Morgan fingerprint density at radius 1 is 1.00 bits per heavy atom. The first-order chi connectivity index (χ1) is 19.4. The molecule has 0 aliphatic carbocycles. The second-order valence-corrected chi connectivity index (χ2v) is 14.2. The van der Waals surface area contributed by atoms with Crippen LogP contribution in [-0.4, -0.2) is 36.8 Å². The van der Waals surface area contributed by atoms with Gasteiger partial charge in [-0.05, 0) is 70.8 Å². The molecule has 2 N–H and O–H groups in total. The first kappa shape index (κ1) is 31.1. The van der Waals surface area contributed by atoms with Gasteiger partial charge in [0.2, 0.25) is 10.0 Å². The number of halogens is 2. The highest BCUT2D eigenvalue weighted by atomic mass is 35.5. The lowest BCUT2D eigenvalue weighted by molar-refractivity contribution is -0.138. The van der Waals surface area contributed by atoms with Gasteiger partial charge in [0.1, 0.15) is 0 Å². The van der Waals surface area contributed by atoms with E-state index in [1.54, 1.807) is 0 Å². The van der Waals surface area contributed by atoms with Crippen LogP contribution in [-0.2, 0) is 14.8 Å². The van der Waals surface area contributed by atoms with Crippen LogP contribution in [0.2, 0.25) is 10.0 Å². The maximum absolute atomic E-state index is 13.0. The average molecular weight is 630 g/mol. The van der Waals surface area contributed by atoms with E-state index in [1.807, 2.05) is 80.6 Å². The molecule has 0 spiro atoms. The molecule has 3 aromatic carbocycles. The highest BCUT2D eigenvalue weighted by Gasteiger charge is 2.26. The van der Waals surface area contributed by atoms with Crippen molar-refractivity contribution in [1.82, 2.24) is 9.71 Å². The van der Waals surface area contributed by atoms with Crippen LogP contribution in [0.5, 0.6) is 0 Å². The van der Waals surface area contributed by atoms with E-state index in [2.05, 4.69) is 9.71 Å². The summed E-state index contributed by atoms with van der Waals surface area (Å²) in [5, 5.41) is 11.1.